The number of aryl methyl sites for hydroxylation is 1. The molecular formula is C18H19N5O3. The standard InChI is InChI=1S/C18H19N5O3/c1-12-2-6-14(7-3-12)26-15-8-4-13(5-9-15)18-20-22-23(21-18)16(19)10-11-17(24)25/h2-9,16H,10-11,19H2,1H3,(H,24,25)/t16-/m0/s1. The maximum Gasteiger partial charge on any atom is 0.303 e. The van der Waals surface area contributed by atoms with Gasteiger partial charge in [0.1, 0.15) is 17.7 Å². The molecule has 0 amide bonds. The predicted octanol–water partition coefficient (Wildman–Crippen LogP) is 2.76. The van der Waals surface area contributed by atoms with Gasteiger partial charge in [0.25, 0.3) is 0 Å². The third kappa shape index (κ3) is 4.42. The monoisotopic (exact) mass is 353 g/mol. The highest BCUT2D eigenvalue weighted by molar-refractivity contribution is 5.66. The Hall–Kier alpha value is -3.26. The second-order valence-electron chi connectivity index (χ2n) is 5.87. The molecule has 0 bridgehead atoms. The van der Waals surface area contributed by atoms with Gasteiger partial charge in [0, 0.05) is 12.0 Å². The highest BCUT2D eigenvalue weighted by atomic mass is 16.5. The fourth-order valence-electron chi connectivity index (χ4n) is 2.28. The lowest BCUT2D eigenvalue weighted by Gasteiger charge is -2.07. The Kier molecular flexibility index (Phi) is 5.23. The van der Waals surface area contributed by atoms with E-state index in [-0.39, 0.29) is 12.8 Å². The number of ether oxygens (including phenoxy) is 1. The highest BCUT2D eigenvalue weighted by Gasteiger charge is 2.13. The van der Waals surface area contributed by atoms with Gasteiger partial charge in [-0.3, -0.25) is 4.79 Å². The van der Waals surface area contributed by atoms with Crippen molar-refractivity contribution in [1.29, 1.82) is 0 Å². The van der Waals surface area contributed by atoms with Crippen LogP contribution >= 0.6 is 0 Å². The van der Waals surface area contributed by atoms with Crippen molar-refractivity contribution in [3.63, 3.8) is 0 Å². The van der Waals surface area contributed by atoms with Gasteiger partial charge in [-0.25, -0.2) is 0 Å². The van der Waals surface area contributed by atoms with Crippen molar-refractivity contribution < 1.29 is 14.6 Å². The third-order valence-corrected chi connectivity index (χ3v) is 3.75. The molecule has 0 aliphatic carbocycles. The molecule has 26 heavy (non-hydrogen) atoms. The molecule has 3 N–H and O–H groups in total. The fraction of sp³-hybridized carbons (Fsp3) is 0.222. The second kappa shape index (κ2) is 7.75. The van der Waals surface area contributed by atoms with Crippen LogP contribution in [0.1, 0.15) is 24.6 Å². The van der Waals surface area contributed by atoms with Crippen LogP contribution in [-0.4, -0.2) is 31.3 Å². The normalized spacial score (nSPS) is 11.9. The summed E-state index contributed by atoms with van der Waals surface area (Å²) in [4.78, 5) is 11.8. The summed E-state index contributed by atoms with van der Waals surface area (Å²) in [5, 5.41) is 20.8. The number of carboxylic acid groups (broad SMARTS) is 1. The lowest BCUT2D eigenvalue weighted by Crippen LogP contribution is -2.22. The van der Waals surface area contributed by atoms with Gasteiger partial charge in [0.2, 0.25) is 5.82 Å². The number of nitrogens with zero attached hydrogens (tertiary/aromatic N) is 4. The number of rotatable bonds is 7. The van der Waals surface area contributed by atoms with Crippen LogP contribution in [0.3, 0.4) is 0 Å². The minimum absolute atomic E-state index is 0.0525. The average molecular weight is 353 g/mol. The van der Waals surface area contributed by atoms with Crippen molar-refractivity contribution >= 4 is 5.97 Å². The first-order chi connectivity index (χ1) is 12.5. The Balaban J connectivity index is 1.67. The van der Waals surface area contributed by atoms with Crippen LogP contribution in [-0.2, 0) is 4.79 Å². The minimum atomic E-state index is -0.912. The summed E-state index contributed by atoms with van der Waals surface area (Å²) in [5.41, 5.74) is 7.80. The summed E-state index contributed by atoms with van der Waals surface area (Å²) >= 11 is 0. The molecule has 0 spiro atoms. The highest BCUT2D eigenvalue weighted by Crippen LogP contribution is 2.24. The Morgan fingerprint density at radius 1 is 1.15 bits per heavy atom. The Labute approximate surface area is 150 Å². The molecule has 8 nitrogen and oxygen atoms in total. The van der Waals surface area contributed by atoms with Gasteiger partial charge < -0.3 is 15.6 Å². The zero-order valence-electron chi connectivity index (χ0n) is 14.2. The van der Waals surface area contributed by atoms with E-state index in [2.05, 4.69) is 15.4 Å². The molecule has 3 aromatic rings. The van der Waals surface area contributed by atoms with Crippen LogP contribution < -0.4 is 10.5 Å². The molecule has 0 fully saturated rings. The number of tetrazole rings is 1. The van der Waals surface area contributed by atoms with Crippen LogP contribution in [0.15, 0.2) is 48.5 Å². The molecule has 8 heteroatoms. The van der Waals surface area contributed by atoms with Gasteiger partial charge in [-0.1, -0.05) is 17.7 Å². The smallest absolute Gasteiger partial charge is 0.303 e. The van der Waals surface area contributed by atoms with Crippen molar-refractivity contribution in [2.75, 3.05) is 0 Å². The van der Waals surface area contributed by atoms with E-state index >= 15 is 0 Å². The van der Waals surface area contributed by atoms with E-state index in [1.165, 1.54) is 10.4 Å². The fourth-order valence-corrected chi connectivity index (χ4v) is 2.28. The first kappa shape index (κ1) is 17.6. The number of aromatic nitrogens is 4. The Bertz CT molecular complexity index is 875. The number of carbonyl (C=O) groups is 1. The lowest BCUT2D eigenvalue weighted by atomic mass is 10.2. The molecule has 1 heterocycles. The van der Waals surface area contributed by atoms with Crippen LogP contribution in [0.25, 0.3) is 11.4 Å². The number of benzene rings is 2. The summed E-state index contributed by atoms with van der Waals surface area (Å²) in [6.45, 7) is 2.02. The molecule has 1 atom stereocenters. The van der Waals surface area contributed by atoms with Gasteiger partial charge in [-0.2, -0.15) is 0 Å². The molecule has 0 aliphatic heterocycles. The number of hydrogen-bond donors (Lipinski definition) is 2. The molecule has 0 unspecified atom stereocenters. The van der Waals surface area contributed by atoms with Crippen molar-refractivity contribution in [3.8, 4) is 22.9 Å². The van der Waals surface area contributed by atoms with Gasteiger partial charge in [-0.05, 0) is 55.0 Å². The quantitative estimate of drug-likeness (QED) is 0.671. The van der Waals surface area contributed by atoms with E-state index in [9.17, 15) is 4.79 Å². The van der Waals surface area contributed by atoms with Crippen molar-refractivity contribution in [1.82, 2.24) is 20.2 Å². The SMILES string of the molecule is Cc1ccc(Oc2ccc(-c3nnn([C@H](N)CCC(=O)O)n3)cc2)cc1. The number of nitrogens with two attached hydrogens (primary N) is 1. The maximum atomic E-state index is 10.6. The van der Waals surface area contributed by atoms with E-state index in [4.69, 9.17) is 15.6 Å². The second-order valence-corrected chi connectivity index (χ2v) is 5.87. The van der Waals surface area contributed by atoms with Gasteiger partial charge >= 0.3 is 5.97 Å². The lowest BCUT2D eigenvalue weighted by molar-refractivity contribution is -0.137. The molecule has 0 radical (unpaired) electrons. The summed E-state index contributed by atoms with van der Waals surface area (Å²) in [6, 6.07) is 15.1. The zero-order valence-corrected chi connectivity index (χ0v) is 14.2. The number of aliphatic carboxylic acids is 1. The first-order valence-corrected chi connectivity index (χ1v) is 8.13. The molecule has 1 aromatic heterocycles. The summed E-state index contributed by atoms with van der Waals surface area (Å²) in [5.74, 6) is 0.961. The van der Waals surface area contributed by atoms with E-state index in [1.807, 2.05) is 55.5 Å². The third-order valence-electron chi connectivity index (χ3n) is 3.75. The topological polar surface area (TPSA) is 116 Å². The van der Waals surface area contributed by atoms with Crippen molar-refractivity contribution in [3.05, 3.63) is 54.1 Å². The maximum absolute atomic E-state index is 10.6. The largest absolute Gasteiger partial charge is 0.481 e. The molecule has 0 saturated heterocycles. The average Bonchev–Trinajstić information content (AvgIpc) is 3.12. The van der Waals surface area contributed by atoms with Crippen molar-refractivity contribution in [2.45, 2.75) is 25.9 Å². The zero-order chi connectivity index (χ0) is 18.5. The Morgan fingerprint density at radius 2 is 1.77 bits per heavy atom. The van der Waals surface area contributed by atoms with E-state index < -0.39 is 12.1 Å². The molecule has 0 aliphatic rings. The van der Waals surface area contributed by atoms with Crippen LogP contribution in [0.5, 0.6) is 11.5 Å². The summed E-state index contributed by atoms with van der Waals surface area (Å²) in [6.07, 6.45) is -0.450. The van der Waals surface area contributed by atoms with Crippen LogP contribution in [0, 0.1) is 6.92 Å². The minimum Gasteiger partial charge on any atom is -0.481 e. The number of hydrogen-bond acceptors (Lipinski definition) is 6. The van der Waals surface area contributed by atoms with Crippen LogP contribution in [0.4, 0.5) is 0 Å². The van der Waals surface area contributed by atoms with E-state index in [1.54, 1.807) is 0 Å². The van der Waals surface area contributed by atoms with Crippen LogP contribution in [0.2, 0.25) is 0 Å². The van der Waals surface area contributed by atoms with E-state index in [0.29, 0.717) is 11.6 Å². The first-order valence-electron chi connectivity index (χ1n) is 8.13. The molecule has 3 rings (SSSR count). The predicted molar refractivity (Wildman–Crippen MR) is 94.6 cm³/mol. The molecular weight excluding hydrogens is 334 g/mol. The van der Waals surface area contributed by atoms with Gasteiger partial charge in [-0.15, -0.1) is 15.0 Å². The van der Waals surface area contributed by atoms with Crippen molar-refractivity contribution in [2.24, 2.45) is 5.73 Å². The van der Waals surface area contributed by atoms with Gasteiger partial charge in [0.15, 0.2) is 0 Å². The van der Waals surface area contributed by atoms with Gasteiger partial charge in [0.05, 0.1) is 0 Å². The Morgan fingerprint density at radius 3 is 2.38 bits per heavy atom. The van der Waals surface area contributed by atoms with E-state index in [0.717, 1.165) is 11.3 Å². The molecule has 2 aromatic carbocycles. The molecule has 0 saturated carbocycles. The summed E-state index contributed by atoms with van der Waals surface area (Å²) in [7, 11) is 0. The summed E-state index contributed by atoms with van der Waals surface area (Å²) < 4.78 is 5.78. The number of carboxylic acids is 1. The molecule has 134 valence electrons.